The summed E-state index contributed by atoms with van der Waals surface area (Å²) in [5.41, 5.74) is 11.6. The summed E-state index contributed by atoms with van der Waals surface area (Å²) in [6, 6.07) is 42.3. The minimum Gasteiger partial charge on any atom is -1.00 e. The molecular formula is C40H45Cl2SiZr. The van der Waals surface area contributed by atoms with Gasteiger partial charge in [-0.25, -0.2) is 12.1 Å². The maximum absolute atomic E-state index is 3.69. The van der Waals surface area contributed by atoms with E-state index in [0.717, 1.165) is 6.42 Å². The van der Waals surface area contributed by atoms with Crippen LogP contribution in [0.15, 0.2) is 109 Å². The summed E-state index contributed by atoms with van der Waals surface area (Å²) in [6.07, 6.45) is 1.03. The molecule has 0 fully saturated rings. The summed E-state index contributed by atoms with van der Waals surface area (Å²) in [5, 5.41) is 2.90. The van der Waals surface area contributed by atoms with Gasteiger partial charge >= 0.3 is 26.2 Å². The van der Waals surface area contributed by atoms with Crippen LogP contribution in [0.3, 0.4) is 0 Å². The molecule has 0 unspecified atom stereocenters. The second kappa shape index (κ2) is 17.6. The van der Waals surface area contributed by atoms with E-state index >= 15 is 0 Å². The van der Waals surface area contributed by atoms with Crippen molar-refractivity contribution in [2.45, 2.75) is 72.6 Å². The molecular weight excluding hydrogens is 671 g/mol. The molecule has 1 radical (unpaired) electrons. The van der Waals surface area contributed by atoms with Crippen molar-refractivity contribution >= 4 is 19.9 Å². The Morgan fingerprint density at radius 3 is 1.55 bits per heavy atom. The van der Waals surface area contributed by atoms with Crippen molar-refractivity contribution in [1.29, 1.82) is 0 Å². The standard InChI is InChI=1S/C23H29.C12H11Si.C5H5.2ClH.Zr/c1-14-9-16-11-17-10-15(2)21(23(6,7)8)13-19(17)18(16)12-20(14)22(3,4)5;1-3-7-11(8-4-1)13-12-9-5-2-6-10-12;1-2-4-5-3-1;;;/h9,12-13H,11H2,1-8H3;1-10,13H;1-5H;2*1H;/q-1;;-1;;;+4/p-2. The predicted octanol–water partition coefficient (Wildman–Crippen LogP) is 2.75. The third kappa shape index (κ3) is 10.8. The first kappa shape index (κ1) is 39.9. The average Bonchev–Trinajstić information content (AvgIpc) is 3.60. The first-order valence-corrected chi connectivity index (χ1v) is 15.9. The van der Waals surface area contributed by atoms with Gasteiger partial charge in [0.15, 0.2) is 0 Å². The van der Waals surface area contributed by atoms with E-state index in [1.54, 1.807) is 0 Å². The van der Waals surface area contributed by atoms with E-state index < -0.39 is 0 Å². The molecule has 0 saturated heterocycles. The zero-order valence-electron chi connectivity index (χ0n) is 27.4. The van der Waals surface area contributed by atoms with Gasteiger partial charge < -0.3 is 24.8 Å². The monoisotopic (exact) mass is 713 g/mol. The number of rotatable bonds is 2. The Morgan fingerprint density at radius 2 is 1.11 bits per heavy atom. The van der Waals surface area contributed by atoms with Crippen molar-refractivity contribution in [1.82, 2.24) is 0 Å². The fourth-order valence-electron chi connectivity index (χ4n) is 5.63. The zero-order valence-corrected chi connectivity index (χ0v) is 32.6. The molecule has 0 nitrogen and oxygen atoms in total. The first-order valence-electron chi connectivity index (χ1n) is 14.8. The summed E-state index contributed by atoms with van der Waals surface area (Å²) < 4.78 is 0. The Labute approximate surface area is 301 Å². The van der Waals surface area contributed by atoms with Crippen LogP contribution >= 0.6 is 0 Å². The maximum atomic E-state index is 3.69. The molecule has 0 saturated carbocycles. The maximum Gasteiger partial charge on any atom is 4.00 e. The van der Waals surface area contributed by atoms with Gasteiger partial charge in [0.1, 0.15) is 9.52 Å². The van der Waals surface area contributed by atoms with Gasteiger partial charge in [-0.1, -0.05) is 143 Å². The van der Waals surface area contributed by atoms with Crippen molar-refractivity contribution in [3.8, 4) is 11.1 Å². The molecule has 0 spiro atoms. The minimum absolute atomic E-state index is 0. The Bertz CT molecular complexity index is 1420. The zero-order chi connectivity index (χ0) is 29.6. The van der Waals surface area contributed by atoms with Crippen LogP contribution < -0.4 is 35.2 Å². The number of halogens is 2. The van der Waals surface area contributed by atoms with E-state index in [4.69, 9.17) is 0 Å². The topological polar surface area (TPSA) is 0 Å². The SMILES string of the molecule is Cc1[c-]c2c(cc1C(C)(C)C)-c1cc(C(C)(C)C)c(C)cc1C2.[Cl-].[Cl-].[Zr+4].c1cc[cH-]c1.c1ccc([SiH]c2ccccc2)cc1. The number of hydrogen-bond donors (Lipinski definition) is 0. The van der Waals surface area contributed by atoms with E-state index in [9.17, 15) is 0 Å². The summed E-state index contributed by atoms with van der Waals surface area (Å²) in [7, 11) is 0.271. The molecule has 227 valence electrons. The van der Waals surface area contributed by atoms with Gasteiger partial charge in [0.25, 0.3) is 0 Å². The predicted molar refractivity (Wildman–Crippen MR) is 182 cm³/mol. The van der Waals surface area contributed by atoms with Gasteiger partial charge in [-0.2, -0.15) is 35.9 Å². The second-order valence-corrected chi connectivity index (χ2v) is 14.8. The fraction of sp³-hybridized carbons (Fsp3) is 0.275. The van der Waals surface area contributed by atoms with E-state index in [1.165, 1.54) is 54.9 Å². The summed E-state index contributed by atoms with van der Waals surface area (Å²) in [6.45, 7) is 18.2. The first-order chi connectivity index (χ1) is 19.4. The summed E-state index contributed by atoms with van der Waals surface area (Å²) >= 11 is 0. The molecule has 0 N–H and O–H groups in total. The van der Waals surface area contributed by atoms with Gasteiger partial charge in [-0.05, 0) is 35.4 Å². The molecule has 4 heteroatoms. The summed E-state index contributed by atoms with van der Waals surface area (Å²) in [4.78, 5) is 0. The summed E-state index contributed by atoms with van der Waals surface area (Å²) in [5.74, 6) is 0. The van der Waals surface area contributed by atoms with E-state index in [0.29, 0.717) is 0 Å². The molecule has 0 heterocycles. The van der Waals surface area contributed by atoms with E-state index in [1.807, 2.05) is 30.3 Å². The van der Waals surface area contributed by atoms with E-state index in [2.05, 4.69) is 140 Å². The number of hydrogen-bond acceptors (Lipinski definition) is 0. The van der Waals surface area contributed by atoms with Crippen LogP contribution in [0.1, 0.15) is 74.9 Å². The molecule has 0 aliphatic heterocycles. The molecule has 0 aromatic heterocycles. The largest absolute Gasteiger partial charge is 4.00 e. The molecule has 5 aromatic rings. The number of fused-ring (bicyclic) bond motifs is 3. The Balaban J connectivity index is 0.000000389. The quantitative estimate of drug-likeness (QED) is 0.191. The Hall–Kier alpha value is -2.09. The third-order valence-corrected chi connectivity index (χ3v) is 9.00. The van der Waals surface area contributed by atoms with Gasteiger partial charge in [-0.3, -0.25) is 0 Å². The smallest absolute Gasteiger partial charge is 1.00 e. The van der Waals surface area contributed by atoms with Crippen molar-refractivity contribution < 1.29 is 51.0 Å². The van der Waals surface area contributed by atoms with Crippen molar-refractivity contribution in [2.75, 3.05) is 0 Å². The third-order valence-electron chi connectivity index (χ3n) is 7.57. The van der Waals surface area contributed by atoms with Crippen LogP contribution in [0.5, 0.6) is 0 Å². The van der Waals surface area contributed by atoms with E-state index in [-0.39, 0.29) is 71.4 Å². The van der Waals surface area contributed by atoms with Crippen LogP contribution in [-0.2, 0) is 43.5 Å². The molecule has 1 aliphatic carbocycles. The Kier molecular flexibility index (Phi) is 15.9. The molecule has 1 aliphatic rings. The number of aryl methyl sites for hydroxylation is 2. The van der Waals surface area contributed by atoms with Crippen molar-refractivity contribution in [3.63, 3.8) is 0 Å². The molecule has 44 heavy (non-hydrogen) atoms. The average molecular weight is 716 g/mol. The molecule has 0 amide bonds. The van der Waals surface area contributed by atoms with Gasteiger partial charge in [-0.15, -0.1) is 16.7 Å². The molecule has 0 atom stereocenters. The number of benzene rings is 4. The van der Waals surface area contributed by atoms with Crippen LogP contribution in [0.2, 0.25) is 0 Å². The van der Waals surface area contributed by atoms with Gasteiger partial charge in [0, 0.05) is 0 Å². The van der Waals surface area contributed by atoms with Crippen LogP contribution in [0.4, 0.5) is 0 Å². The van der Waals surface area contributed by atoms with Crippen molar-refractivity contribution in [3.05, 3.63) is 149 Å². The van der Waals surface area contributed by atoms with Gasteiger partial charge in [0.05, 0.1) is 0 Å². The minimum atomic E-state index is 0. The molecule has 5 aromatic carbocycles. The van der Waals surface area contributed by atoms with Crippen molar-refractivity contribution in [2.24, 2.45) is 0 Å². The van der Waals surface area contributed by atoms with Crippen LogP contribution in [-0.4, -0.2) is 9.52 Å². The van der Waals surface area contributed by atoms with Gasteiger partial charge in [0.2, 0.25) is 0 Å². The second-order valence-electron chi connectivity index (χ2n) is 13.1. The Morgan fingerprint density at radius 1 is 0.636 bits per heavy atom. The normalized spacial score (nSPS) is 11.1. The van der Waals surface area contributed by atoms with Crippen LogP contribution in [0.25, 0.3) is 11.1 Å². The fourth-order valence-corrected chi connectivity index (χ4v) is 6.85. The van der Waals surface area contributed by atoms with Crippen LogP contribution in [0, 0.1) is 19.9 Å². The molecule has 0 bridgehead atoms. The molecule has 6 rings (SSSR count).